The molecule has 1 aliphatic heterocycles. The maximum absolute atomic E-state index is 11.4. The zero-order valence-corrected chi connectivity index (χ0v) is 7.21. The molecule has 0 unspecified atom stereocenters. The van der Waals surface area contributed by atoms with Gasteiger partial charge >= 0.3 is 6.03 Å². The normalized spacial score (nSPS) is 16.8. The van der Waals surface area contributed by atoms with Crippen LogP contribution < -0.4 is 5.32 Å². The van der Waals surface area contributed by atoms with Gasteiger partial charge in [-0.15, -0.1) is 0 Å². The highest BCUT2D eigenvalue weighted by atomic mass is 16.2. The number of terminal acetylenes is 1. The molecule has 12 heavy (non-hydrogen) atoms. The first kappa shape index (κ1) is 8.88. The second-order valence-electron chi connectivity index (χ2n) is 2.71. The number of piperazine rings is 1. The quantitative estimate of drug-likeness (QED) is 0.391. The summed E-state index contributed by atoms with van der Waals surface area (Å²) in [5, 5.41) is 3.16. The molecule has 4 heteroatoms. The lowest BCUT2D eigenvalue weighted by Crippen LogP contribution is -2.49. The molecule has 0 saturated carbocycles. The van der Waals surface area contributed by atoms with Gasteiger partial charge in [-0.2, -0.15) is 0 Å². The predicted molar refractivity (Wildman–Crippen MR) is 46.4 cm³/mol. The van der Waals surface area contributed by atoms with Crippen molar-refractivity contribution in [2.45, 2.75) is 0 Å². The molecule has 0 atom stereocenters. The van der Waals surface area contributed by atoms with Gasteiger partial charge in [-0.25, -0.2) is 4.79 Å². The topological polar surface area (TPSA) is 35.6 Å². The van der Waals surface area contributed by atoms with Gasteiger partial charge in [0.05, 0.1) is 0 Å². The highest BCUT2D eigenvalue weighted by Crippen LogP contribution is 1.97. The Morgan fingerprint density at radius 2 is 2.17 bits per heavy atom. The summed E-state index contributed by atoms with van der Waals surface area (Å²) in [5.41, 5.74) is 0. The Hall–Kier alpha value is -1.21. The lowest BCUT2D eigenvalue weighted by Gasteiger charge is -2.29. The molecule has 0 aliphatic carbocycles. The zero-order valence-electron chi connectivity index (χ0n) is 7.21. The zero-order chi connectivity index (χ0) is 8.97. The average molecular weight is 167 g/mol. The predicted octanol–water partition coefficient (Wildman–Crippen LogP) is -0.466. The molecule has 1 aliphatic rings. The van der Waals surface area contributed by atoms with E-state index in [9.17, 15) is 4.79 Å². The van der Waals surface area contributed by atoms with E-state index in [2.05, 4.69) is 11.4 Å². The van der Waals surface area contributed by atoms with Crippen LogP contribution in [0, 0.1) is 12.5 Å². The molecule has 0 radical (unpaired) electrons. The van der Waals surface area contributed by atoms with Gasteiger partial charge in [0.15, 0.2) is 0 Å². The van der Waals surface area contributed by atoms with Crippen molar-refractivity contribution in [2.75, 3.05) is 33.2 Å². The van der Waals surface area contributed by atoms with Crippen LogP contribution in [0.2, 0.25) is 0 Å². The number of nitrogens with zero attached hydrogens (tertiary/aromatic N) is 2. The number of carbonyl (C=O) groups is 1. The molecule has 1 saturated heterocycles. The molecule has 0 aromatic carbocycles. The standard InChI is InChI=1S/C8H13N3O/c1-3-10(2)8(12)11-6-4-9-5-7-11/h1,9H,4-7H2,2H3. The van der Waals surface area contributed by atoms with Crippen LogP contribution in [0.5, 0.6) is 0 Å². The number of nitrogens with one attached hydrogen (secondary N) is 1. The van der Waals surface area contributed by atoms with Crippen LogP contribution in [0.3, 0.4) is 0 Å². The Labute approximate surface area is 72.5 Å². The van der Waals surface area contributed by atoms with E-state index in [4.69, 9.17) is 6.42 Å². The largest absolute Gasteiger partial charge is 0.331 e. The summed E-state index contributed by atoms with van der Waals surface area (Å²) >= 11 is 0. The van der Waals surface area contributed by atoms with E-state index in [1.807, 2.05) is 0 Å². The summed E-state index contributed by atoms with van der Waals surface area (Å²) in [6.07, 6.45) is 5.09. The van der Waals surface area contributed by atoms with E-state index < -0.39 is 0 Å². The second-order valence-corrected chi connectivity index (χ2v) is 2.71. The minimum absolute atomic E-state index is 0.0843. The van der Waals surface area contributed by atoms with Crippen LogP contribution in [-0.4, -0.2) is 49.1 Å². The monoisotopic (exact) mass is 167 g/mol. The van der Waals surface area contributed by atoms with Crippen molar-refractivity contribution in [2.24, 2.45) is 0 Å². The molecule has 0 aromatic rings. The van der Waals surface area contributed by atoms with Crippen molar-refractivity contribution in [3.63, 3.8) is 0 Å². The summed E-state index contributed by atoms with van der Waals surface area (Å²) in [6.45, 7) is 3.18. The number of amides is 2. The van der Waals surface area contributed by atoms with Crippen molar-refractivity contribution in [3.8, 4) is 12.5 Å². The fraction of sp³-hybridized carbons (Fsp3) is 0.625. The van der Waals surface area contributed by atoms with Crippen LogP contribution in [0.15, 0.2) is 0 Å². The average Bonchev–Trinajstić information content (AvgIpc) is 2.17. The molecule has 0 aromatic heterocycles. The maximum Gasteiger partial charge on any atom is 0.331 e. The number of urea groups is 1. The van der Waals surface area contributed by atoms with E-state index in [1.165, 1.54) is 4.90 Å². The molecule has 1 fully saturated rings. The lowest BCUT2D eigenvalue weighted by atomic mass is 10.4. The third kappa shape index (κ3) is 1.89. The smallest absolute Gasteiger partial charge is 0.321 e. The van der Waals surface area contributed by atoms with Gasteiger partial charge in [-0.1, -0.05) is 6.42 Å². The van der Waals surface area contributed by atoms with Crippen molar-refractivity contribution >= 4 is 6.03 Å². The Morgan fingerprint density at radius 1 is 1.58 bits per heavy atom. The van der Waals surface area contributed by atoms with E-state index in [0.717, 1.165) is 26.2 Å². The van der Waals surface area contributed by atoms with Gasteiger partial charge in [0, 0.05) is 39.3 Å². The number of hydrogen-bond acceptors (Lipinski definition) is 2. The minimum Gasteiger partial charge on any atom is -0.321 e. The summed E-state index contributed by atoms with van der Waals surface area (Å²) < 4.78 is 0. The van der Waals surface area contributed by atoms with Crippen LogP contribution >= 0.6 is 0 Å². The Balaban J connectivity index is 2.46. The highest BCUT2D eigenvalue weighted by molar-refractivity contribution is 5.76. The highest BCUT2D eigenvalue weighted by Gasteiger charge is 2.18. The van der Waals surface area contributed by atoms with Crippen molar-refractivity contribution < 1.29 is 4.79 Å². The van der Waals surface area contributed by atoms with Gasteiger partial charge in [-0.05, 0) is 0 Å². The van der Waals surface area contributed by atoms with Crippen LogP contribution in [0.1, 0.15) is 0 Å². The maximum atomic E-state index is 11.4. The lowest BCUT2D eigenvalue weighted by molar-refractivity contribution is 0.171. The fourth-order valence-electron chi connectivity index (χ4n) is 1.12. The van der Waals surface area contributed by atoms with Crippen LogP contribution in [0.25, 0.3) is 0 Å². The van der Waals surface area contributed by atoms with E-state index in [-0.39, 0.29) is 6.03 Å². The summed E-state index contributed by atoms with van der Waals surface area (Å²) in [5.74, 6) is 0. The first-order valence-electron chi connectivity index (χ1n) is 3.95. The number of rotatable bonds is 0. The van der Waals surface area contributed by atoms with Crippen molar-refractivity contribution in [1.82, 2.24) is 15.1 Å². The SMILES string of the molecule is C#CN(C)C(=O)N1CCNCC1. The molecule has 1 heterocycles. The Kier molecular flexibility index (Phi) is 2.94. The third-order valence-electron chi connectivity index (χ3n) is 1.87. The molecule has 1 N–H and O–H groups in total. The van der Waals surface area contributed by atoms with E-state index >= 15 is 0 Å². The number of carbonyl (C=O) groups excluding carboxylic acids is 1. The molecule has 1 rings (SSSR count). The molecular formula is C8H13N3O. The molecule has 0 spiro atoms. The van der Waals surface area contributed by atoms with E-state index in [0.29, 0.717) is 0 Å². The third-order valence-corrected chi connectivity index (χ3v) is 1.87. The number of hydrogen-bond donors (Lipinski definition) is 1. The van der Waals surface area contributed by atoms with Crippen LogP contribution in [0.4, 0.5) is 4.79 Å². The van der Waals surface area contributed by atoms with Gasteiger partial charge in [-0.3, -0.25) is 4.90 Å². The summed E-state index contributed by atoms with van der Waals surface area (Å²) in [6, 6.07) is 2.20. The van der Waals surface area contributed by atoms with Gasteiger partial charge in [0.2, 0.25) is 0 Å². The van der Waals surface area contributed by atoms with Crippen molar-refractivity contribution in [3.05, 3.63) is 0 Å². The van der Waals surface area contributed by atoms with Crippen LogP contribution in [-0.2, 0) is 0 Å². The van der Waals surface area contributed by atoms with Gasteiger partial charge in [0.25, 0.3) is 0 Å². The van der Waals surface area contributed by atoms with E-state index in [1.54, 1.807) is 11.9 Å². The molecule has 66 valence electrons. The van der Waals surface area contributed by atoms with Gasteiger partial charge in [0.1, 0.15) is 0 Å². The van der Waals surface area contributed by atoms with Gasteiger partial charge < -0.3 is 10.2 Å². The molecule has 4 nitrogen and oxygen atoms in total. The van der Waals surface area contributed by atoms with Crippen molar-refractivity contribution in [1.29, 1.82) is 0 Å². The second kappa shape index (κ2) is 3.98. The molecule has 2 amide bonds. The summed E-state index contributed by atoms with van der Waals surface area (Å²) in [7, 11) is 1.60. The minimum atomic E-state index is -0.0843. The first-order valence-corrected chi connectivity index (χ1v) is 3.95. The fourth-order valence-corrected chi connectivity index (χ4v) is 1.12. The molecule has 0 bridgehead atoms. The Morgan fingerprint density at radius 3 is 2.67 bits per heavy atom. The Bertz CT molecular complexity index is 203. The first-order chi connectivity index (χ1) is 5.75. The molecular weight excluding hydrogens is 154 g/mol. The summed E-state index contributed by atoms with van der Waals surface area (Å²) in [4.78, 5) is 14.4.